The molecule has 130 valence electrons. The zero-order chi connectivity index (χ0) is 17.4. The summed E-state index contributed by atoms with van der Waals surface area (Å²) in [5.41, 5.74) is 2.79. The van der Waals surface area contributed by atoms with Gasteiger partial charge in [0.2, 0.25) is 5.91 Å². The minimum Gasteiger partial charge on any atom is -0.310 e. The maximum atomic E-state index is 12.6. The van der Waals surface area contributed by atoms with E-state index in [2.05, 4.69) is 10.4 Å². The van der Waals surface area contributed by atoms with Crippen molar-refractivity contribution < 1.29 is 9.72 Å². The SMILES string of the molecule is O=C(Nc1c2c(nn1-c1ccc([N+](=O)[O-])cc1)CSC2)C1CCCC1. The van der Waals surface area contributed by atoms with E-state index in [9.17, 15) is 14.9 Å². The van der Waals surface area contributed by atoms with Crippen molar-refractivity contribution in [3.8, 4) is 5.69 Å². The number of nitro benzene ring substituents is 1. The maximum absolute atomic E-state index is 12.6. The number of benzene rings is 1. The molecular formula is C17H18N4O3S. The molecule has 1 N–H and O–H groups in total. The van der Waals surface area contributed by atoms with E-state index >= 15 is 0 Å². The fraction of sp³-hybridized carbons (Fsp3) is 0.412. The molecule has 1 aliphatic carbocycles. The zero-order valence-corrected chi connectivity index (χ0v) is 14.4. The first-order valence-electron chi connectivity index (χ1n) is 8.37. The van der Waals surface area contributed by atoms with Crippen LogP contribution in [-0.4, -0.2) is 20.6 Å². The Morgan fingerprint density at radius 2 is 1.96 bits per heavy atom. The van der Waals surface area contributed by atoms with Crippen LogP contribution >= 0.6 is 11.8 Å². The van der Waals surface area contributed by atoms with Crippen LogP contribution < -0.4 is 5.32 Å². The molecule has 7 nitrogen and oxygen atoms in total. The van der Waals surface area contributed by atoms with E-state index in [0.29, 0.717) is 11.5 Å². The number of anilines is 1. The third kappa shape index (κ3) is 3.02. The van der Waals surface area contributed by atoms with Crippen molar-refractivity contribution in [1.29, 1.82) is 0 Å². The van der Waals surface area contributed by atoms with E-state index in [-0.39, 0.29) is 17.5 Å². The Bertz CT molecular complexity index is 825. The van der Waals surface area contributed by atoms with Crippen molar-refractivity contribution in [2.45, 2.75) is 37.2 Å². The zero-order valence-electron chi connectivity index (χ0n) is 13.6. The standard InChI is InChI=1S/C17H18N4O3S/c22-17(11-3-1-2-4-11)18-16-14-9-25-10-15(14)19-20(16)12-5-7-13(8-6-12)21(23)24/h5-8,11H,1-4,9-10H2,(H,18,22). The molecule has 1 amide bonds. The van der Waals surface area contributed by atoms with Gasteiger partial charge in [-0.15, -0.1) is 0 Å². The molecule has 1 saturated carbocycles. The summed E-state index contributed by atoms with van der Waals surface area (Å²) in [7, 11) is 0. The fourth-order valence-corrected chi connectivity index (χ4v) is 4.49. The number of rotatable bonds is 4. The fourth-order valence-electron chi connectivity index (χ4n) is 3.45. The average molecular weight is 358 g/mol. The first kappa shape index (κ1) is 16.1. The number of fused-ring (bicyclic) bond motifs is 1. The molecule has 1 aromatic carbocycles. The van der Waals surface area contributed by atoms with Crippen LogP contribution in [0.1, 0.15) is 36.9 Å². The van der Waals surface area contributed by atoms with E-state index in [0.717, 1.165) is 48.4 Å². The van der Waals surface area contributed by atoms with Crippen LogP contribution in [0.5, 0.6) is 0 Å². The van der Waals surface area contributed by atoms with Crippen LogP contribution in [0.2, 0.25) is 0 Å². The van der Waals surface area contributed by atoms with E-state index in [1.807, 2.05) is 0 Å². The summed E-state index contributed by atoms with van der Waals surface area (Å²) in [6.07, 6.45) is 4.09. The highest BCUT2D eigenvalue weighted by Crippen LogP contribution is 2.37. The van der Waals surface area contributed by atoms with Crippen LogP contribution in [0, 0.1) is 16.0 Å². The largest absolute Gasteiger partial charge is 0.310 e. The third-order valence-corrected chi connectivity index (χ3v) is 5.79. The van der Waals surface area contributed by atoms with Crippen LogP contribution in [0.4, 0.5) is 11.5 Å². The number of carbonyl (C=O) groups is 1. The number of nitro groups is 1. The minimum atomic E-state index is -0.424. The molecule has 0 atom stereocenters. The molecule has 2 heterocycles. The molecular weight excluding hydrogens is 340 g/mol. The molecule has 0 bridgehead atoms. The number of hydrogen-bond donors (Lipinski definition) is 1. The quantitative estimate of drug-likeness (QED) is 0.665. The lowest BCUT2D eigenvalue weighted by atomic mass is 10.1. The van der Waals surface area contributed by atoms with Gasteiger partial charge < -0.3 is 5.32 Å². The highest BCUT2D eigenvalue weighted by molar-refractivity contribution is 7.98. The van der Waals surface area contributed by atoms with Gasteiger partial charge in [-0.05, 0) is 25.0 Å². The van der Waals surface area contributed by atoms with Crippen molar-refractivity contribution >= 4 is 29.2 Å². The second kappa shape index (κ2) is 6.51. The first-order valence-corrected chi connectivity index (χ1v) is 9.53. The number of amides is 1. The predicted octanol–water partition coefficient (Wildman–Crippen LogP) is 3.66. The van der Waals surface area contributed by atoms with Gasteiger partial charge >= 0.3 is 0 Å². The number of carbonyl (C=O) groups excluding carboxylic acids is 1. The van der Waals surface area contributed by atoms with Gasteiger partial charge in [0.05, 0.1) is 16.3 Å². The van der Waals surface area contributed by atoms with Crippen LogP contribution in [0.3, 0.4) is 0 Å². The Kier molecular flexibility index (Phi) is 4.20. The van der Waals surface area contributed by atoms with E-state index in [4.69, 9.17) is 0 Å². The van der Waals surface area contributed by atoms with Crippen molar-refractivity contribution in [1.82, 2.24) is 9.78 Å². The molecule has 0 spiro atoms. The normalized spacial score (nSPS) is 16.8. The predicted molar refractivity (Wildman–Crippen MR) is 95.8 cm³/mol. The van der Waals surface area contributed by atoms with Gasteiger partial charge in [-0.2, -0.15) is 16.9 Å². The lowest BCUT2D eigenvalue weighted by molar-refractivity contribution is -0.384. The first-order chi connectivity index (χ1) is 12.1. The molecule has 4 rings (SSSR count). The monoisotopic (exact) mass is 358 g/mol. The summed E-state index contributed by atoms with van der Waals surface area (Å²) in [6, 6.07) is 6.25. The van der Waals surface area contributed by atoms with Crippen molar-refractivity contribution in [2.75, 3.05) is 5.32 Å². The van der Waals surface area contributed by atoms with E-state index in [1.54, 1.807) is 28.6 Å². The van der Waals surface area contributed by atoms with Crippen molar-refractivity contribution in [3.63, 3.8) is 0 Å². The molecule has 1 aromatic heterocycles. The van der Waals surface area contributed by atoms with Crippen molar-refractivity contribution in [3.05, 3.63) is 45.6 Å². The Morgan fingerprint density at radius 1 is 1.24 bits per heavy atom. The van der Waals surface area contributed by atoms with Crippen molar-refractivity contribution in [2.24, 2.45) is 5.92 Å². The highest BCUT2D eigenvalue weighted by atomic mass is 32.2. The second-order valence-electron chi connectivity index (χ2n) is 6.42. The van der Waals surface area contributed by atoms with Gasteiger partial charge in [-0.25, -0.2) is 4.68 Å². The Hall–Kier alpha value is -2.35. The number of non-ortho nitro benzene ring substituents is 1. The smallest absolute Gasteiger partial charge is 0.269 e. The van der Waals surface area contributed by atoms with Crippen LogP contribution in [0.15, 0.2) is 24.3 Å². The number of thioether (sulfide) groups is 1. The van der Waals surface area contributed by atoms with Crippen LogP contribution in [0.25, 0.3) is 5.69 Å². The molecule has 25 heavy (non-hydrogen) atoms. The number of hydrogen-bond acceptors (Lipinski definition) is 5. The van der Waals surface area contributed by atoms with Crippen LogP contribution in [-0.2, 0) is 16.3 Å². The summed E-state index contributed by atoms with van der Waals surface area (Å²) < 4.78 is 1.71. The highest BCUT2D eigenvalue weighted by Gasteiger charge is 2.28. The van der Waals surface area contributed by atoms with E-state index < -0.39 is 4.92 Å². The second-order valence-corrected chi connectivity index (χ2v) is 7.41. The Balaban J connectivity index is 1.67. The molecule has 8 heteroatoms. The minimum absolute atomic E-state index is 0.0375. The van der Waals surface area contributed by atoms with Gasteiger partial charge in [-0.3, -0.25) is 14.9 Å². The van der Waals surface area contributed by atoms with E-state index in [1.165, 1.54) is 12.1 Å². The molecule has 0 saturated heterocycles. The molecule has 2 aromatic rings. The molecule has 2 aliphatic rings. The molecule has 0 radical (unpaired) electrons. The number of nitrogens with zero attached hydrogens (tertiary/aromatic N) is 3. The Morgan fingerprint density at radius 3 is 2.64 bits per heavy atom. The van der Waals surface area contributed by atoms with Gasteiger partial charge in [0, 0.05) is 35.1 Å². The summed E-state index contributed by atoms with van der Waals surface area (Å²) in [5.74, 6) is 2.49. The summed E-state index contributed by atoms with van der Waals surface area (Å²) >= 11 is 1.78. The third-order valence-electron chi connectivity index (χ3n) is 4.82. The van der Waals surface area contributed by atoms with Gasteiger partial charge in [0.1, 0.15) is 5.82 Å². The molecule has 1 fully saturated rings. The van der Waals surface area contributed by atoms with Gasteiger partial charge in [-0.1, -0.05) is 12.8 Å². The summed E-state index contributed by atoms with van der Waals surface area (Å²) in [4.78, 5) is 23.0. The molecule has 0 unspecified atom stereocenters. The Labute approximate surface area is 148 Å². The maximum Gasteiger partial charge on any atom is 0.269 e. The molecule has 1 aliphatic heterocycles. The topological polar surface area (TPSA) is 90.1 Å². The number of aromatic nitrogens is 2. The lowest BCUT2D eigenvalue weighted by Crippen LogP contribution is -2.22. The summed E-state index contributed by atoms with van der Waals surface area (Å²) in [5, 5.41) is 18.6. The summed E-state index contributed by atoms with van der Waals surface area (Å²) in [6.45, 7) is 0. The lowest BCUT2D eigenvalue weighted by Gasteiger charge is -2.14. The number of nitrogens with one attached hydrogen (secondary N) is 1. The van der Waals surface area contributed by atoms with Gasteiger partial charge in [0.15, 0.2) is 0 Å². The van der Waals surface area contributed by atoms with Gasteiger partial charge in [0.25, 0.3) is 5.69 Å². The average Bonchev–Trinajstić information content (AvgIpc) is 3.33.